The zero-order valence-corrected chi connectivity index (χ0v) is 19.0. The molecule has 0 bridgehead atoms. The van der Waals surface area contributed by atoms with E-state index in [-0.39, 0.29) is 34.8 Å². The molecule has 5 N–H and O–H groups in total. The van der Waals surface area contributed by atoms with Gasteiger partial charge in [-0.25, -0.2) is 9.59 Å². The predicted molar refractivity (Wildman–Crippen MR) is 123 cm³/mol. The first kappa shape index (κ1) is 25.3. The predicted octanol–water partition coefficient (Wildman–Crippen LogP) is 0.881. The lowest BCUT2D eigenvalue weighted by atomic mass is 9.87. The molecule has 3 aromatic rings. The fraction of sp³-hybridized carbons (Fsp3) is 0.320. The van der Waals surface area contributed by atoms with Crippen LogP contribution in [0.1, 0.15) is 30.4 Å². The number of rotatable bonds is 7. The second-order valence-electron chi connectivity index (χ2n) is 8.53. The molecule has 11 nitrogen and oxygen atoms in total. The van der Waals surface area contributed by atoms with Gasteiger partial charge in [-0.1, -0.05) is 24.3 Å². The fourth-order valence-corrected chi connectivity index (χ4v) is 4.19. The van der Waals surface area contributed by atoms with Crippen molar-refractivity contribution in [2.45, 2.75) is 50.0 Å². The Labute approximate surface area is 203 Å². The van der Waals surface area contributed by atoms with Gasteiger partial charge >= 0.3 is 11.6 Å². The van der Waals surface area contributed by atoms with Crippen LogP contribution in [0.15, 0.2) is 57.7 Å². The van der Waals surface area contributed by atoms with Crippen LogP contribution in [0.2, 0.25) is 0 Å². The summed E-state index contributed by atoms with van der Waals surface area (Å²) in [6.07, 6.45) is -8.93. The number of carboxylic acids is 1. The molecule has 11 heteroatoms. The molecule has 4 rings (SSSR count). The van der Waals surface area contributed by atoms with Gasteiger partial charge in [0.05, 0.1) is 10.9 Å². The lowest BCUT2D eigenvalue weighted by Gasteiger charge is -2.38. The number of carboxylic acid groups (broad SMARTS) is 1. The summed E-state index contributed by atoms with van der Waals surface area (Å²) in [5, 5.41) is 50.2. The first-order chi connectivity index (χ1) is 17.1. The van der Waals surface area contributed by atoms with Crippen molar-refractivity contribution in [3.63, 3.8) is 0 Å². The van der Waals surface area contributed by atoms with Crippen molar-refractivity contribution in [1.29, 1.82) is 0 Å². The zero-order chi connectivity index (χ0) is 26.1. The lowest BCUT2D eigenvalue weighted by molar-refractivity contribution is -0.271. The Morgan fingerprint density at radius 2 is 1.67 bits per heavy atom. The molecule has 1 saturated heterocycles. The van der Waals surface area contributed by atoms with Crippen LogP contribution in [0.25, 0.3) is 11.0 Å². The number of ketones is 1. The van der Waals surface area contributed by atoms with Crippen LogP contribution in [0.5, 0.6) is 11.5 Å². The standard InChI is InChI=1S/C25H24O11/c1-11(26)10-15(17-18(27)14-4-2-3-5-16(14)35-24(17)33)12-6-8-13(9-7-12)34-25-21(30)19(28)20(29)22(36-25)23(31)32/h2-9,15,19-22,25,27-30H,10H2,1H3,(H,31,32)/t15-,19+,20+,21-,22+,25?/m1/s1. The number of hydrogen-bond donors (Lipinski definition) is 5. The number of Topliss-reactive ketones (excluding diaryl/α,β-unsaturated/α-hetero) is 1. The number of carbonyl (C=O) groups is 2. The number of hydrogen-bond acceptors (Lipinski definition) is 10. The van der Waals surface area contributed by atoms with Crippen LogP contribution in [0.3, 0.4) is 0 Å². The van der Waals surface area contributed by atoms with Crippen LogP contribution in [0.4, 0.5) is 0 Å². The summed E-state index contributed by atoms with van der Waals surface area (Å²) in [6.45, 7) is 1.35. The lowest BCUT2D eigenvalue weighted by Crippen LogP contribution is -2.61. The van der Waals surface area contributed by atoms with Crippen molar-refractivity contribution in [1.82, 2.24) is 0 Å². The highest BCUT2D eigenvalue weighted by atomic mass is 16.7. The summed E-state index contributed by atoms with van der Waals surface area (Å²) in [5.41, 5.74) is -0.194. The van der Waals surface area contributed by atoms with E-state index in [1.807, 2.05) is 0 Å². The average molecular weight is 500 g/mol. The summed E-state index contributed by atoms with van der Waals surface area (Å²) in [6, 6.07) is 12.3. The molecule has 0 radical (unpaired) electrons. The molecule has 2 heterocycles. The van der Waals surface area contributed by atoms with E-state index < -0.39 is 48.2 Å². The molecule has 36 heavy (non-hydrogen) atoms. The van der Waals surface area contributed by atoms with Crippen molar-refractivity contribution in [2.75, 3.05) is 0 Å². The number of aliphatic hydroxyl groups is 3. The molecule has 6 atom stereocenters. The summed E-state index contributed by atoms with van der Waals surface area (Å²) in [5.74, 6) is -2.81. The number of ether oxygens (including phenoxy) is 2. The minimum Gasteiger partial charge on any atom is -0.507 e. The summed E-state index contributed by atoms with van der Waals surface area (Å²) in [7, 11) is 0. The fourth-order valence-electron chi connectivity index (χ4n) is 4.19. The van der Waals surface area contributed by atoms with Crippen molar-refractivity contribution < 1.29 is 49.0 Å². The van der Waals surface area contributed by atoms with Gasteiger partial charge in [0, 0.05) is 12.3 Å². The van der Waals surface area contributed by atoms with E-state index in [1.54, 1.807) is 24.3 Å². The van der Waals surface area contributed by atoms with E-state index >= 15 is 0 Å². The molecule has 1 aliphatic heterocycles. The summed E-state index contributed by atoms with van der Waals surface area (Å²) < 4.78 is 15.9. The number of aromatic hydroxyl groups is 1. The third kappa shape index (κ3) is 4.82. The highest BCUT2D eigenvalue weighted by Crippen LogP contribution is 2.37. The topological polar surface area (TPSA) is 184 Å². The van der Waals surface area contributed by atoms with E-state index in [9.17, 15) is 39.9 Å². The maximum absolute atomic E-state index is 12.8. The van der Waals surface area contributed by atoms with Gasteiger partial charge in [-0.2, -0.15) is 0 Å². The first-order valence-electron chi connectivity index (χ1n) is 11.0. The Morgan fingerprint density at radius 1 is 1.00 bits per heavy atom. The van der Waals surface area contributed by atoms with Gasteiger partial charge in [0.25, 0.3) is 0 Å². The molecule has 1 unspecified atom stereocenters. The Morgan fingerprint density at radius 3 is 2.31 bits per heavy atom. The monoisotopic (exact) mass is 500 g/mol. The van der Waals surface area contributed by atoms with E-state index in [2.05, 4.69) is 0 Å². The Kier molecular flexibility index (Phi) is 7.09. The van der Waals surface area contributed by atoms with Crippen LogP contribution < -0.4 is 10.4 Å². The number of para-hydroxylation sites is 1. The van der Waals surface area contributed by atoms with Crippen LogP contribution in [-0.4, -0.2) is 68.0 Å². The second-order valence-corrected chi connectivity index (χ2v) is 8.53. The molecule has 0 saturated carbocycles. The van der Waals surface area contributed by atoms with Gasteiger partial charge in [-0.3, -0.25) is 4.79 Å². The number of benzene rings is 2. The highest BCUT2D eigenvalue weighted by molar-refractivity contribution is 5.85. The molecule has 0 amide bonds. The molecule has 0 aliphatic carbocycles. The maximum atomic E-state index is 12.8. The highest BCUT2D eigenvalue weighted by Gasteiger charge is 2.48. The van der Waals surface area contributed by atoms with Crippen molar-refractivity contribution in [2.24, 2.45) is 0 Å². The number of aliphatic hydroxyl groups excluding tert-OH is 3. The van der Waals surface area contributed by atoms with E-state index in [0.717, 1.165) is 0 Å². The van der Waals surface area contributed by atoms with Crippen molar-refractivity contribution >= 4 is 22.7 Å². The summed E-state index contributed by atoms with van der Waals surface area (Å²) >= 11 is 0. The first-order valence-corrected chi connectivity index (χ1v) is 11.0. The maximum Gasteiger partial charge on any atom is 0.343 e. The SMILES string of the molecule is CC(=O)C[C@H](c1ccc(OC2O[C@H](C(=O)O)[C@@H](O)[C@H](O)[C@H]2O)cc1)c1c(O)c2ccccc2oc1=O. The van der Waals surface area contributed by atoms with Crippen molar-refractivity contribution in [3.05, 3.63) is 70.1 Å². The Bertz CT molecular complexity index is 1330. The minimum atomic E-state index is -1.85. The molecule has 190 valence electrons. The van der Waals surface area contributed by atoms with Gasteiger partial charge in [0.2, 0.25) is 6.29 Å². The molecule has 1 aliphatic rings. The molecular formula is C25H24O11. The van der Waals surface area contributed by atoms with Crippen LogP contribution in [0, 0.1) is 0 Å². The number of fused-ring (bicyclic) bond motifs is 1. The van der Waals surface area contributed by atoms with E-state index in [0.29, 0.717) is 10.9 Å². The average Bonchev–Trinajstić information content (AvgIpc) is 2.83. The van der Waals surface area contributed by atoms with Gasteiger partial charge in [0.1, 0.15) is 41.2 Å². The van der Waals surface area contributed by atoms with Crippen LogP contribution >= 0.6 is 0 Å². The molecular weight excluding hydrogens is 476 g/mol. The quantitative estimate of drug-likeness (QED) is 0.290. The second kappa shape index (κ2) is 10.1. The Hall–Kier alpha value is -3.77. The van der Waals surface area contributed by atoms with Gasteiger partial charge in [-0.15, -0.1) is 0 Å². The minimum absolute atomic E-state index is 0.0787. The number of carbonyl (C=O) groups excluding carboxylic acids is 1. The van der Waals surface area contributed by atoms with Crippen LogP contribution in [-0.2, 0) is 14.3 Å². The van der Waals surface area contributed by atoms with Crippen molar-refractivity contribution in [3.8, 4) is 11.5 Å². The third-order valence-corrected chi connectivity index (χ3v) is 6.01. The molecule has 0 spiro atoms. The number of aliphatic carboxylic acids is 1. The van der Waals surface area contributed by atoms with E-state index in [1.165, 1.54) is 31.2 Å². The van der Waals surface area contributed by atoms with Gasteiger partial charge in [-0.05, 0) is 36.8 Å². The Balaban J connectivity index is 1.64. The molecule has 1 fully saturated rings. The molecule has 1 aromatic heterocycles. The van der Waals surface area contributed by atoms with E-state index in [4.69, 9.17) is 13.9 Å². The normalized spacial score (nSPS) is 24.8. The summed E-state index contributed by atoms with van der Waals surface area (Å²) in [4.78, 5) is 36.1. The molecule has 2 aromatic carbocycles. The largest absolute Gasteiger partial charge is 0.507 e. The van der Waals surface area contributed by atoms with Gasteiger partial charge < -0.3 is 39.4 Å². The van der Waals surface area contributed by atoms with Gasteiger partial charge in [0.15, 0.2) is 6.10 Å². The smallest absolute Gasteiger partial charge is 0.343 e. The third-order valence-electron chi connectivity index (χ3n) is 6.01. The zero-order valence-electron chi connectivity index (χ0n) is 19.0.